The van der Waals surface area contributed by atoms with Gasteiger partial charge in [-0.15, -0.1) is 5.10 Å². The van der Waals surface area contributed by atoms with Crippen molar-refractivity contribution in [3.8, 4) is 0 Å². The van der Waals surface area contributed by atoms with Crippen molar-refractivity contribution >= 4 is 5.82 Å². The Hall–Kier alpha value is -1.63. The summed E-state index contributed by atoms with van der Waals surface area (Å²) in [5, 5.41) is 8.72. The molecule has 1 atom stereocenters. The number of nitrogens with one attached hydrogen (secondary N) is 3. The predicted octanol–water partition coefficient (Wildman–Crippen LogP) is -0.951. The summed E-state index contributed by atoms with van der Waals surface area (Å²) in [7, 11) is 0. The monoisotopic (exact) mass is 212 g/mol. The summed E-state index contributed by atoms with van der Waals surface area (Å²) in [6, 6.07) is 0.0817. The molecule has 1 fully saturated rings. The third-order valence-corrected chi connectivity index (χ3v) is 2.21. The molecule has 0 spiro atoms. The molecule has 2 heterocycles. The highest BCUT2D eigenvalue weighted by molar-refractivity contribution is 5.30. The summed E-state index contributed by atoms with van der Waals surface area (Å²) in [5.41, 5.74) is -1.12. The molecule has 0 aromatic carbocycles. The smallest absolute Gasteiger partial charge is 0.342 e. The van der Waals surface area contributed by atoms with Crippen LogP contribution >= 0.6 is 0 Å². The first kappa shape index (κ1) is 9.91. The maximum atomic E-state index is 11.3. The summed E-state index contributed by atoms with van der Waals surface area (Å²) >= 11 is 0. The summed E-state index contributed by atoms with van der Waals surface area (Å²) in [5.74, 6) is 0.130. The third-order valence-electron chi connectivity index (χ3n) is 2.21. The number of anilines is 1. The molecule has 0 radical (unpaired) electrons. The number of nitrogens with zero attached hydrogens (tertiary/aromatic N) is 1. The summed E-state index contributed by atoms with van der Waals surface area (Å²) in [6.07, 6.45) is 1.89. The van der Waals surface area contributed by atoms with Gasteiger partial charge in [0.1, 0.15) is 0 Å². The molecule has 1 aliphatic rings. The molecular weight excluding hydrogens is 200 g/mol. The predicted molar refractivity (Wildman–Crippen MR) is 52.9 cm³/mol. The molecule has 0 saturated carbocycles. The lowest BCUT2D eigenvalue weighted by molar-refractivity contribution is 0.0874. The molecule has 7 heteroatoms. The van der Waals surface area contributed by atoms with Crippen LogP contribution in [0.15, 0.2) is 9.59 Å². The topological polar surface area (TPSA) is 99.9 Å². The van der Waals surface area contributed by atoms with E-state index in [1.54, 1.807) is 0 Å². The van der Waals surface area contributed by atoms with E-state index in [0.717, 1.165) is 19.4 Å². The Morgan fingerprint density at radius 3 is 3.00 bits per heavy atom. The van der Waals surface area contributed by atoms with Crippen LogP contribution in [0.25, 0.3) is 0 Å². The van der Waals surface area contributed by atoms with E-state index in [1.807, 2.05) is 0 Å². The Labute approximate surface area is 84.9 Å². The Bertz CT molecular complexity index is 432. The van der Waals surface area contributed by atoms with Gasteiger partial charge in [0.25, 0.3) is 5.56 Å². The normalized spacial score (nSPS) is 21.2. The van der Waals surface area contributed by atoms with Gasteiger partial charge in [-0.1, -0.05) is 0 Å². The van der Waals surface area contributed by atoms with Gasteiger partial charge in [0.05, 0.1) is 12.6 Å². The number of ether oxygens (including phenoxy) is 1. The molecule has 7 nitrogen and oxygen atoms in total. The Morgan fingerprint density at radius 2 is 2.33 bits per heavy atom. The minimum Gasteiger partial charge on any atom is -0.379 e. The second-order valence-electron chi connectivity index (χ2n) is 3.41. The molecule has 82 valence electrons. The zero-order chi connectivity index (χ0) is 10.7. The molecule has 15 heavy (non-hydrogen) atoms. The Kier molecular flexibility index (Phi) is 2.82. The summed E-state index contributed by atoms with van der Waals surface area (Å²) in [6.45, 7) is 1.31. The maximum Gasteiger partial charge on any atom is 0.342 e. The minimum atomic E-state index is -0.606. The summed E-state index contributed by atoms with van der Waals surface area (Å²) < 4.78 is 5.24. The van der Waals surface area contributed by atoms with E-state index >= 15 is 0 Å². The van der Waals surface area contributed by atoms with E-state index in [0.29, 0.717) is 6.61 Å². The van der Waals surface area contributed by atoms with Crippen LogP contribution in [0.5, 0.6) is 0 Å². The first-order valence-electron chi connectivity index (χ1n) is 4.79. The first-order chi connectivity index (χ1) is 7.25. The van der Waals surface area contributed by atoms with E-state index in [1.165, 1.54) is 0 Å². The molecular formula is C8H12N4O3. The van der Waals surface area contributed by atoms with Gasteiger partial charge in [-0.3, -0.25) is 9.78 Å². The molecule has 1 unspecified atom stereocenters. The fraction of sp³-hybridized carbons (Fsp3) is 0.625. The molecule has 0 aliphatic carbocycles. The quantitative estimate of drug-likeness (QED) is 0.586. The Morgan fingerprint density at radius 1 is 1.47 bits per heavy atom. The second kappa shape index (κ2) is 4.26. The van der Waals surface area contributed by atoms with Crippen LogP contribution in [0.4, 0.5) is 5.82 Å². The van der Waals surface area contributed by atoms with Crippen molar-refractivity contribution in [1.29, 1.82) is 0 Å². The first-order valence-corrected chi connectivity index (χ1v) is 4.79. The van der Waals surface area contributed by atoms with Gasteiger partial charge in [0, 0.05) is 6.61 Å². The Balaban J connectivity index is 2.09. The number of H-pyrrole nitrogens is 2. The van der Waals surface area contributed by atoms with Gasteiger partial charge in [-0.2, -0.15) is 0 Å². The highest BCUT2D eigenvalue weighted by Gasteiger charge is 2.15. The van der Waals surface area contributed by atoms with Gasteiger partial charge in [0.2, 0.25) is 5.82 Å². The molecule has 1 aromatic rings. The zero-order valence-corrected chi connectivity index (χ0v) is 8.08. The van der Waals surface area contributed by atoms with Crippen LogP contribution in [-0.2, 0) is 4.74 Å². The van der Waals surface area contributed by atoms with E-state index in [4.69, 9.17) is 4.74 Å². The second-order valence-corrected chi connectivity index (χ2v) is 3.41. The zero-order valence-electron chi connectivity index (χ0n) is 8.08. The number of rotatable bonds is 2. The van der Waals surface area contributed by atoms with Crippen LogP contribution in [0.3, 0.4) is 0 Å². The highest BCUT2D eigenvalue weighted by Crippen LogP contribution is 2.08. The molecule has 2 rings (SSSR count). The lowest BCUT2D eigenvalue weighted by Gasteiger charge is -2.22. The number of aromatic nitrogens is 3. The lowest BCUT2D eigenvalue weighted by atomic mass is 10.1. The van der Waals surface area contributed by atoms with E-state index in [9.17, 15) is 9.59 Å². The van der Waals surface area contributed by atoms with Crippen LogP contribution in [0, 0.1) is 0 Å². The molecule has 0 amide bonds. The van der Waals surface area contributed by atoms with Crippen molar-refractivity contribution in [2.24, 2.45) is 0 Å². The SMILES string of the molecule is O=c1[nH]nc(NC2CCCOC2)c(=O)[nH]1. The van der Waals surface area contributed by atoms with E-state index in [-0.39, 0.29) is 11.9 Å². The maximum absolute atomic E-state index is 11.3. The van der Waals surface area contributed by atoms with Crippen molar-refractivity contribution in [3.05, 3.63) is 20.8 Å². The van der Waals surface area contributed by atoms with Gasteiger partial charge in [0.15, 0.2) is 0 Å². The highest BCUT2D eigenvalue weighted by atomic mass is 16.5. The van der Waals surface area contributed by atoms with Crippen molar-refractivity contribution in [1.82, 2.24) is 15.2 Å². The van der Waals surface area contributed by atoms with Crippen molar-refractivity contribution in [2.45, 2.75) is 18.9 Å². The van der Waals surface area contributed by atoms with Crippen molar-refractivity contribution in [2.75, 3.05) is 18.5 Å². The van der Waals surface area contributed by atoms with Crippen LogP contribution in [0.1, 0.15) is 12.8 Å². The van der Waals surface area contributed by atoms with E-state index in [2.05, 4.69) is 20.5 Å². The number of aromatic amines is 2. The van der Waals surface area contributed by atoms with Crippen LogP contribution in [0.2, 0.25) is 0 Å². The molecule has 3 N–H and O–H groups in total. The summed E-state index contributed by atoms with van der Waals surface area (Å²) in [4.78, 5) is 24.1. The molecule has 0 bridgehead atoms. The van der Waals surface area contributed by atoms with Gasteiger partial charge >= 0.3 is 5.69 Å². The van der Waals surface area contributed by atoms with Crippen LogP contribution < -0.4 is 16.6 Å². The third kappa shape index (κ3) is 2.44. The number of hydrogen-bond acceptors (Lipinski definition) is 5. The standard InChI is InChI=1S/C8H12N4O3/c13-7-6(11-12-8(14)10-7)9-5-2-1-3-15-4-5/h5H,1-4H2,(H,9,11)(H2,10,12,13,14). The largest absolute Gasteiger partial charge is 0.379 e. The van der Waals surface area contributed by atoms with Gasteiger partial charge in [-0.05, 0) is 12.8 Å². The van der Waals surface area contributed by atoms with Crippen molar-refractivity contribution < 1.29 is 4.74 Å². The molecule has 1 aliphatic heterocycles. The lowest BCUT2D eigenvalue weighted by Crippen LogP contribution is -2.35. The van der Waals surface area contributed by atoms with Crippen molar-refractivity contribution in [3.63, 3.8) is 0 Å². The van der Waals surface area contributed by atoms with Gasteiger partial charge in [-0.25, -0.2) is 9.89 Å². The average Bonchev–Trinajstić information content (AvgIpc) is 2.24. The molecule has 1 aromatic heterocycles. The molecule has 1 saturated heterocycles. The van der Waals surface area contributed by atoms with Crippen LogP contribution in [-0.4, -0.2) is 34.4 Å². The van der Waals surface area contributed by atoms with E-state index < -0.39 is 11.2 Å². The fourth-order valence-electron chi connectivity index (χ4n) is 1.49. The fourth-order valence-corrected chi connectivity index (χ4v) is 1.49. The van der Waals surface area contributed by atoms with Gasteiger partial charge < -0.3 is 10.1 Å². The number of hydrogen-bond donors (Lipinski definition) is 3. The average molecular weight is 212 g/mol. The minimum absolute atomic E-state index is 0.0817.